The van der Waals surface area contributed by atoms with Gasteiger partial charge in [0.1, 0.15) is 6.10 Å². The maximum atomic E-state index is 10.2. The summed E-state index contributed by atoms with van der Waals surface area (Å²) in [5, 5.41) is 12.4. The van der Waals surface area contributed by atoms with E-state index in [-0.39, 0.29) is 0 Å². The number of unbranched alkanes of at least 4 members (excludes halogenated alkanes) is 3. The Morgan fingerprint density at radius 1 is 1.05 bits per heavy atom. The van der Waals surface area contributed by atoms with Gasteiger partial charge in [-0.25, -0.2) is 0 Å². The predicted molar refractivity (Wildman–Crippen MR) is 80.8 cm³/mol. The Labute approximate surface area is 115 Å². The van der Waals surface area contributed by atoms with Crippen LogP contribution in [0.25, 0.3) is 10.8 Å². The van der Waals surface area contributed by atoms with Crippen LogP contribution < -0.4 is 0 Å². The molecule has 1 heteroatoms. The van der Waals surface area contributed by atoms with E-state index in [0.29, 0.717) is 0 Å². The van der Waals surface area contributed by atoms with E-state index in [1.54, 1.807) is 0 Å². The predicted octanol–water partition coefficient (Wildman–Crippen LogP) is 4.46. The molecule has 2 rings (SSSR count). The molecule has 19 heavy (non-hydrogen) atoms. The second-order valence-corrected chi connectivity index (χ2v) is 4.75. The van der Waals surface area contributed by atoms with Crippen molar-refractivity contribution < 1.29 is 5.11 Å². The summed E-state index contributed by atoms with van der Waals surface area (Å²) in [6, 6.07) is 14.1. The Bertz CT molecular complexity index is 584. The number of hydrogen-bond acceptors (Lipinski definition) is 1. The van der Waals surface area contributed by atoms with Crippen LogP contribution in [0.3, 0.4) is 0 Å². The van der Waals surface area contributed by atoms with Gasteiger partial charge in [-0.15, -0.1) is 5.92 Å². The van der Waals surface area contributed by atoms with Crippen LogP contribution in [0.15, 0.2) is 42.5 Å². The van der Waals surface area contributed by atoms with Crippen LogP contribution in [0.5, 0.6) is 0 Å². The van der Waals surface area contributed by atoms with Crippen molar-refractivity contribution in [3.8, 4) is 11.8 Å². The molecule has 0 aliphatic rings. The Balaban J connectivity index is 2.15. The number of benzene rings is 2. The topological polar surface area (TPSA) is 20.2 Å². The molecule has 0 saturated heterocycles. The SMILES string of the molecule is CCCCCC#CC(O)c1cccc2ccccc12. The first-order chi connectivity index (χ1) is 9.33. The van der Waals surface area contributed by atoms with Gasteiger partial charge >= 0.3 is 0 Å². The molecule has 0 saturated carbocycles. The summed E-state index contributed by atoms with van der Waals surface area (Å²) in [5.41, 5.74) is 0.904. The third-order valence-electron chi connectivity index (χ3n) is 3.26. The lowest BCUT2D eigenvalue weighted by atomic mass is 10.0. The smallest absolute Gasteiger partial charge is 0.140 e. The molecule has 2 aromatic rings. The van der Waals surface area contributed by atoms with E-state index < -0.39 is 6.10 Å². The van der Waals surface area contributed by atoms with Crippen molar-refractivity contribution in [1.82, 2.24) is 0 Å². The fraction of sp³-hybridized carbons (Fsp3) is 0.333. The Morgan fingerprint density at radius 3 is 2.68 bits per heavy atom. The number of hydrogen-bond donors (Lipinski definition) is 1. The van der Waals surface area contributed by atoms with E-state index in [2.05, 4.69) is 30.9 Å². The van der Waals surface area contributed by atoms with Crippen molar-refractivity contribution in [3.63, 3.8) is 0 Å². The minimum atomic E-state index is -0.687. The molecule has 0 fully saturated rings. The van der Waals surface area contributed by atoms with Crippen LogP contribution >= 0.6 is 0 Å². The molecule has 0 aromatic heterocycles. The molecule has 2 aromatic carbocycles. The molecule has 0 aliphatic heterocycles. The van der Waals surface area contributed by atoms with Gasteiger partial charge in [-0.2, -0.15) is 0 Å². The molecular weight excluding hydrogens is 232 g/mol. The van der Waals surface area contributed by atoms with Crippen LogP contribution in [0.1, 0.15) is 44.3 Å². The van der Waals surface area contributed by atoms with Gasteiger partial charge in [0.2, 0.25) is 0 Å². The van der Waals surface area contributed by atoms with Crippen LogP contribution in [0.4, 0.5) is 0 Å². The van der Waals surface area contributed by atoms with Crippen molar-refractivity contribution >= 4 is 10.8 Å². The summed E-state index contributed by atoms with van der Waals surface area (Å²) in [6.07, 6.45) is 3.71. The van der Waals surface area contributed by atoms with Crippen LogP contribution in [-0.2, 0) is 0 Å². The first-order valence-corrected chi connectivity index (χ1v) is 6.97. The summed E-state index contributed by atoms with van der Waals surface area (Å²) in [7, 11) is 0. The number of rotatable bonds is 4. The van der Waals surface area contributed by atoms with Gasteiger partial charge in [-0.05, 0) is 17.2 Å². The molecule has 1 unspecified atom stereocenters. The van der Waals surface area contributed by atoms with Crippen molar-refractivity contribution in [2.45, 2.75) is 38.7 Å². The third-order valence-corrected chi connectivity index (χ3v) is 3.26. The van der Waals surface area contributed by atoms with E-state index in [9.17, 15) is 5.11 Å². The van der Waals surface area contributed by atoms with Crippen molar-refractivity contribution in [2.75, 3.05) is 0 Å². The highest BCUT2D eigenvalue weighted by Crippen LogP contribution is 2.23. The zero-order chi connectivity index (χ0) is 13.5. The summed E-state index contributed by atoms with van der Waals surface area (Å²) in [4.78, 5) is 0. The highest BCUT2D eigenvalue weighted by Gasteiger charge is 2.07. The first-order valence-electron chi connectivity index (χ1n) is 6.97. The number of aliphatic hydroxyl groups excluding tert-OH is 1. The molecule has 0 radical (unpaired) electrons. The largest absolute Gasteiger partial charge is 0.376 e. The van der Waals surface area contributed by atoms with E-state index in [1.165, 1.54) is 12.8 Å². The summed E-state index contributed by atoms with van der Waals surface area (Å²) < 4.78 is 0. The second-order valence-electron chi connectivity index (χ2n) is 4.75. The Kier molecular flexibility index (Phi) is 5.01. The molecule has 0 heterocycles. The fourth-order valence-electron chi connectivity index (χ4n) is 2.20. The van der Waals surface area contributed by atoms with Crippen molar-refractivity contribution in [2.24, 2.45) is 0 Å². The minimum absolute atomic E-state index is 0.687. The van der Waals surface area contributed by atoms with Crippen LogP contribution in [-0.4, -0.2) is 5.11 Å². The van der Waals surface area contributed by atoms with E-state index in [4.69, 9.17) is 0 Å². The lowest BCUT2D eigenvalue weighted by molar-refractivity contribution is 0.240. The quantitative estimate of drug-likeness (QED) is 0.629. The Hall–Kier alpha value is -1.78. The molecule has 98 valence electrons. The van der Waals surface area contributed by atoms with Crippen molar-refractivity contribution in [3.05, 3.63) is 48.0 Å². The van der Waals surface area contributed by atoms with E-state index in [0.717, 1.165) is 29.2 Å². The van der Waals surface area contributed by atoms with Crippen LogP contribution in [0, 0.1) is 11.8 Å². The van der Waals surface area contributed by atoms with Gasteiger partial charge < -0.3 is 5.11 Å². The summed E-state index contributed by atoms with van der Waals surface area (Å²) in [5.74, 6) is 6.04. The monoisotopic (exact) mass is 252 g/mol. The van der Waals surface area contributed by atoms with Gasteiger partial charge in [-0.1, -0.05) is 68.2 Å². The van der Waals surface area contributed by atoms with E-state index >= 15 is 0 Å². The lowest BCUT2D eigenvalue weighted by Crippen LogP contribution is -1.94. The van der Waals surface area contributed by atoms with Gasteiger partial charge in [0.05, 0.1) is 0 Å². The highest BCUT2D eigenvalue weighted by molar-refractivity contribution is 5.86. The normalized spacial score (nSPS) is 11.9. The Morgan fingerprint density at radius 2 is 1.84 bits per heavy atom. The average Bonchev–Trinajstić information content (AvgIpc) is 2.46. The molecule has 0 amide bonds. The molecule has 0 spiro atoms. The summed E-state index contributed by atoms with van der Waals surface area (Å²) in [6.45, 7) is 2.18. The summed E-state index contributed by atoms with van der Waals surface area (Å²) >= 11 is 0. The van der Waals surface area contributed by atoms with Crippen molar-refractivity contribution in [1.29, 1.82) is 0 Å². The average molecular weight is 252 g/mol. The zero-order valence-corrected chi connectivity index (χ0v) is 11.4. The van der Waals surface area contributed by atoms with Gasteiger partial charge in [0, 0.05) is 12.0 Å². The lowest BCUT2D eigenvalue weighted by Gasteiger charge is -2.08. The highest BCUT2D eigenvalue weighted by atomic mass is 16.3. The maximum Gasteiger partial charge on any atom is 0.140 e. The molecule has 0 aliphatic carbocycles. The standard InChI is InChI=1S/C18H20O/c1-2-3-4-5-6-14-18(19)17-13-9-11-15-10-7-8-12-16(15)17/h7-13,18-19H,2-5H2,1H3. The number of fused-ring (bicyclic) bond motifs is 1. The maximum absolute atomic E-state index is 10.2. The second kappa shape index (κ2) is 6.97. The third kappa shape index (κ3) is 3.59. The molecule has 1 nitrogen and oxygen atoms in total. The molecule has 1 atom stereocenters. The van der Waals surface area contributed by atoms with Gasteiger partial charge in [-0.3, -0.25) is 0 Å². The van der Waals surface area contributed by atoms with E-state index in [1.807, 2.05) is 30.3 Å². The minimum Gasteiger partial charge on any atom is -0.376 e. The zero-order valence-electron chi connectivity index (χ0n) is 11.4. The van der Waals surface area contributed by atoms with Gasteiger partial charge in [0.15, 0.2) is 0 Å². The molecular formula is C18H20O. The molecule has 0 bridgehead atoms. The van der Waals surface area contributed by atoms with Gasteiger partial charge in [0.25, 0.3) is 0 Å². The first kappa shape index (κ1) is 13.6. The number of aliphatic hydroxyl groups is 1. The van der Waals surface area contributed by atoms with Crippen LogP contribution in [0.2, 0.25) is 0 Å². The molecule has 1 N–H and O–H groups in total. The fourth-order valence-corrected chi connectivity index (χ4v) is 2.20.